The van der Waals surface area contributed by atoms with Gasteiger partial charge in [-0.1, -0.05) is 121 Å². The summed E-state index contributed by atoms with van der Waals surface area (Å²) in [6.07, 6.45) is 4.66. The second-order valence-electron chi connectivity index (χ2n) is 18.3. The molecule has 5 aromatic carbocycles. The lowest BCUT2D eigenvalue weighted by Crippen LogP contribution is -2.62. The molecule has 0 unspecified atom stereocenters. The van der Waals surface area contributed by atoms with Crippen LogP contribution in [0.15, 0.2) is 146 Å². The molecule has 71 heavy (non-hydrogen) atoms. The van der Waals surface area contributed by atoms with Gasteiger partial charge in [0.2, 0.25) is 35.4 Å². The Balaban J connectivity index is 1.17. The smallest absolute Gasteiger partial charge is 0.247 e. The van der Waals surface area contributed by atoms with Gasteiger partial charge in [0.05, 0.1) is 0 Å². The minimum Gasteiger partial charge on any atom is -0.489 e. The Labute approximate surface area is 413 Å². The number of carbonyl (C=O) groups is 6. The number of nitrogens with zero attached hydrogens (tertiary/aromatic N) is 1. The third-order valence-corrected chi connectivity index (χ3v) is 13.2. The Morgan fingerprint density at radius 3 is 1.83 bits per heavy atom. The predicted molar refractivity (Wildman–Crippen MR) is 270 cm³/mol. The highest BCUT2D eigenvalue weighted by Gasteiger charge is 2.40. The molecule has 2 saturated heterocycles. The van der Waals surface area contributed by atoms with Crippen molar-refractivity contribution in [2.75, 3.05) is 13.1 Å². The van der Waals surface area contributed by atoms with Crippen molar-refractivity contribution in [3.63, 3.8) is 0 Å². The Morgan fingerprint density at radius 1 is 0.535 bits per heavy atom. The predicted octanol–water partition coefficient (Wildman–Crippen LogP) is 5.10. The summed E-state index contributed by atoms with van der Waals surface area (Å²) < 4.78 is 6.03. The highest BCUT2D eigenvalue weighted by atomic mass is 16.5. The van der Waals surface area contributed by atoms with Crippen LogP contribution in [-0.2, 0) is 54.6 Å². The third kappa shape index (κ3) is 13.1. The normalized spacial score (nSPS) is 21.7. The van der Waals surface area contributed by atoms with Crippen molar-refractivity contribution in [2.24, 2.45) is 5.73 Å². The summed E-state index contributed by atoms with van der Waals surface area (Å²) in [4.78, 5) is 93.7. The molecule has 2 aliphatic heterocycles. The van der Waals surface area contributed by atoms with Crippen molar-refractivity contribution < 1.29 is 33.5 Å². The van der Waals surface area contributed by atoms with Gasteiger partial charge in [-0.2, -0.15) is 0 Å². The second-order valence-corrected chi connectivity index (χ2v) is 18.3. The van der Waals surface area contributed by atoms with Crippen molar-refractivity contribution in [1.82, 2.24) is 36.5 Å². The van der Waals surface area contributed by atoms with E-state index in [1.807, 2.05) is 97.1 Å². The second kappa shape index (κ2) is 24.2. The number of hydrogen-bond acceptors (Lipinski definition) is 8. The van der Waals surface area contributed by atoms with E-state index in [1.165, 1.54) is 4.90 Å². The molecule has 2 aliphatic rings. The summed E-state index contributed by atoms with van der Waals surface area (Å²) in [5.74, 6) is -2.98. The molecule has 6 atom stereocenters. The van der Waals surface area contributed by atoms with Crippen molar-refractivity contribution in [3.05, 3.63) is 174 Å². The number of aromatic nitrogens is 1. The lowest BCUT2D eigenvalue weighted by atomic mass is 9.96. The molecule has 368 valence electrons. The van der Waals surface area contributed by atoms with Crippen molar-refractivity contribution in [2.45, 2.75) is 101 Å². The average Bonchev–Trinajstić information content (AvgIpc) is 3.81. The Kier molecular flexibility index (Phi) is 16.9. The number of para-hydroxylation sites is 1. The number of benzene rings is 5. The summed E-state index contributed by atoms with van der Waals surface area (Å²) >= 11 is 0. The van der Waals surface area contributed by atoms with Crippen molar-refractivity contribution in [3.8, 4) is 5.75 Å². The van der Waals surface area contributed by atoms with Crippen LogP contribution in [0.2, 0.25) is 0 Å². The molecule has 8 rings (SSSR count). The topological polar surface area (TPSA) is 217 Å². The van der Waals surface area contributed by atoms with Gasteiger partial charge in [0.15, 0.2) is 0 Å². The van der Waals surface area contributed by atoms with Gasteiger partial charge < -0.3 is 46.9 Å². The van der Waals surface area contributed by atoms with Crippen LogP contribution in [0, 0.1) is 0 Å². The van der Waals surface area contributed by atoms with Gasteiger partial charge in [-0.3, -0.25) is 28.8 Å². The molecule has 1 aromatic heterocycles. The molecule has 0 saturated carbocycles. The number of ether oxygens (including phenoxy) is 1. The lowest BCUT2D eigenvalue weighted by Gasteiger charge is -2.38. The zero-order chi connectivity index (χ0) is 49.5. The molecule has 0 bridgehead atoms. The number of amides is 6. The van der Waals surface area contributed by atoms with Crippen molar-refractivity contribution >= 4 is 46.3 Å². The number of H-pyrrole nitrogens is 1. The quantitative estimate of drug-likeness (QED) is 0.0728. The number of unbranched alkanes of at least 4 members (excludes halogenated alkanes) is 1. The van der Waals surface area contributed by atoms with Crippen LogP contribution in [-0.4, -0.2) is 88.6 Å². The van der Waals surface area contributed by atoms with E-state index in [0.29, 0.717) is 62.1 Å². The number of aromatic amines is 1. The van der Waals surface area contributed by atoms with Gasteiger partial charge in [-0.05, 0) is 91.1 Å². The van der Waals surface area contributed by atoms with E-state index < -0.39 is 71.7 Å². The SMILES string of the molecule is NCCCC[C@@H]1NC(=O)[C@@H](Cc2c[nH]c3ccccc23)NC(=O)[C@H](c2ccccc2)NC(=O)[C@@H]2CCCCN2C(=O)[C@H](Cc2ccccc2)NC(=O)[C@H](Cc2ccc(OCc3ccccc3)cc2)NC1=O. The molecule has 15 nitrogen and oxygen atoms in total. The van der Waals surface area contributed by atoms with Crippen LogP contribution < -0.4 is 37.1 Å². The Hall–Kier alpha value is -7.78. The van der Waals surface area contributed by atoms with Crippen LogP contribution in [0.1, 0.15) is 72.4 Å². The first-order valence-corrected chi connectivity index (χ1v) is 24.6. The summed E-state index contributed by atoms with van der Waals surface area (Å²) in [7, 11) is 0. The van der Waals surface area contributed by atoms with Crippen LogP contribution in [0.3, 0.4) is 0 Å². The Morgan fingerprint density at radius 2 is 1.11 bits per heavy atom. The fraction of sp³-hybridized carbons (Fsp3) is 0.321. The summed E-state index contributed by atoms with van der Waals surface area (Å²) in [6.45, 7) is 0.935. The maximum atomic E-state index is 15.0. The summed E-state index contributed by atoms with van der Waals surface area (Å²) in [5.41, 5.74) is 10.4. The van der Waals surface area contributed by atoms with E-state index in [2.05, 4.69) is 31.6 Å². The van der Waals surface area contributed by atoms with Gasteiger partial charge >= 0.3 is 0 Å². The van der Waals surface area contributed by atoms with Crippen molar-refractivity contribution in [1.29, 1.82) is 0 Å². The van der Waals surface area contributed by atoms with Gasteiger partial charge in [-0.15, -0.1) is 0 Å². The lowest BCUT2D eigenvalue weighted by molar-refractivity contribution is -0.146. The third-order valence-electron chi connectivity index (χ3n) is 13.2. The number of hydrogen-bond donors (Lipinski definition) is 7. The highest BCUT2D eigenvalue weighted by molar-refractivity contribution is 5.99. The van der Waals surface area contributed by atoms with Gasteiger partial charge in [0.25, 0.3) is 0 Å². The van der Waals surface area contributed by atoms with E-state index in [1.54, 1.807) is 48.7 Å². The standard InChI is InChI=1S/C56H62N8O7/c57-30-14-12-24-45-51(65)60-46(32-38-26-28-42(29-27-38)71-36-39-18-6-2-7-19-39)52(66)62-48(33-37-16-4-1-5-17-37)56(70)64-31-15-13-25-49(64)54(68)63-50(40-20-8-3-9-21-40)55(69)61-47(53(67)59-45)34-41-35-58-44-23-11-10-22-43(41)44/h1-11,16-23,26-29,35,45-50,58H,12-15,24-25,30-34,36,57H2,(H,59,67)(H,60,65)(H,61,69)(H,62,66)(H,63,68)/t45-,46-,47+,48-,49-,50-/m0/s1. The van der Waals surface area contributed by atoms with Crippen LogP contribution in [0.4, 0.5) is 0 Å². The van der Waals surface area contributed by atoms with Crippen LogP contribution in [0.5, 0.6) is 5.75 Å². The molecule has 8 N–H and O–H groups in total. The first-order valence-electron chi connectivity index (χ1n) is 24.6. The number of rotatable bonds is 14. The molecule has 15 heteroatoms. The number of carbonyl (C=O) groups excluding carboxylic acids is 6. The first-order chi connectivity index (χ1) is 34.6. The van der Waals surface area contributed by atoms with E-state index in [9.17, 15) is 24.0 Å². The minimum absolute atomic E-state index is 0.0150. The highest BCUT2D eigenvalue weighted by Crippen LogP contribution is 2.24. The first kappa shape index (κ1) is 49.6. The van der Waals surface area contributed by atoms with E-state index in [0.717, 1.165) is 27.6 Å². The molecular formula is C56H62N8O7. The molecular weight excluding hydrogens is 897 g/mol. The number of piperidine rings is 1. The molecule has 0 aliphatic carbocycles. The van der Waals surface area contributed by atoms with Gasteiger partial charge in [0, 0.05) is 42.9 Å². The summed E-state index contributed by atoms with van der Waals surface area (Å²) in [5, 5.41) is 15.6. The molecule has 0 radical (unpaired) electrons. The fourth-order valence-electron chi connectivity index (χ4n) is 9.37. The number of nitrogens with two attached hydrogens (primary N) is 1. The van der Waals surface area contributed by atoms with Crippen LogP contribution >= 0.6 is 0 Å². The number of nitrogens with one attached hydrogen (secondary N) is 6. The van der Waals surface area contributed by atoms with E-state index >= 15 is 4.79 Å². The van der Waals surface area contributed by atoms with Gasteiger partial charge in [0.1, 0.15) is 48.6 Å². The average molecular weight is 959 g/mol. The molecule has 6 amide bonds. The zero-order valence-electron chi connectivity index (χ0n) is 39.7. The maximum absolute atomic E-state index is 15.0. The van der Waals surface area contributed by atoms with Gasteiger partial charge in [-0.25, -0.2) is 0 Å². The molecule has 0 spiro atoms. The fourth-order valence-corrected chi connectivity index (χ4v) is 9.37. The van der Waals surface area contributed by atoms with Crippen LogP contribution in [0.25, 0.3) is 10.9 Å². The Bertz CT molecular complexity index is 2750. The molecule has 3 heterocycles. The summed E-state index contributed by atoms with van der Waals surface area (Å²) in [6, 6.07) is 35.5. The van der Waals surface area contributed by atoms with E-state index in [-0.39, 0.29) is 32.2 Å². The number of fused-ring (bicyclic) bond motifs is 2. The maximum Gasteiger partial charge on any atom is 0.247 e. The molecule has 2 fully saturated rings. The largest absolute Gasteiger partial charge is 0.489 e. The molecule has 6 aromatic rings. The zero-order valence-corrected chi connectivity index (χ0v) is 39.7. The monoisotopic (exact) mass is 958 g/mol. The minimum atomic E-state index is -1.27. The van der Waals surface area contributed by atoms with E-state index in [4.69, 9.17) is 10.5 Å².